The van der Waals surface area contributed by atoms with Crippen LogP contribution in [0.25, 0.3) is 11.3 Å². The summed E-state index contributed by atoms with van der Waals surface area (Å²) in [7, 11) is 0. The lowest BCUT2D eigenvalue weighted by Gasteiger charge is -2.23. The summed E-state index contributed by atoms with van der Waals surface area (Å²) in [5, 5.41) is 19.0. The lowest BCUT2D eigenvalue weighted by atomic mass is 9.93. The van der Waals surface area contributed by atoms with E-state index in [2.05, 4.69) is 50.9 Å². The Balaban J connectivity index is 1.43. The second kappa shape index (κ2) is 7.46. The Labute approximate surface area is 185 Å². The van der Waals surface area contributed by atoms with E-state index in [0.29, 0.717) is 5.56 Å². The van der Waals surface area contributed by atoms with Gasteiger partial charge < -0.3 is 15.4 Å². The molecular formula is C23H25N5O2S. The van der Waals surface area contributed by atoms with Gasteiger partial charge in [0.15, 0.2) is 0 Å². The molecule has 1 saturated carbocycles. The summed E-state index contributed by atoms with van der Waals surface area (Å²) in [5.41, 5.74) is 8.65. The zero-order valence-electron chi connectivity index (χ0n) is 17.4. The first kappa shape index (κ1) is 20.2. The van der Waals surface area contributed by atoms with Crippen LogP contribution in [0.5, 0.6) is 0 Å². The van der Waals surface area contributed by atoms with E-state index < -0.39 is 5.91 Å². The normalized spacial score (nSPS) is 21.9. The molecule has 0 bridgehead atoms. The maximum Gasteiger partial charge on any atom is 0.250 e. The molecule has 1 aliphatic heterocycles. The van der Waals surface area contributed by atoms with Crippen molar-refractivity contribution in [1.29, 1.82) is 0 Å². The molecule has 7 nitrogen and oxygen atoms in total. The fraction of sp³-hybridized carbons (Fsp3) is 0.391. The molecule has 1 aliphatic carbocycles. The predicted molar refractivity (Wildman–Crippen MR) is 120 cm³/mol. The number of hydrogen-bond donors (Lipinski definition) is 2. The van der Waals surface area contributed by atoms with Crippen molar-refractivity contribution in [3.05, 3.63) is 65.4 Å². The highest BCUT2D eigenvalue weighted by Gasteiger charge is 2.50. The molecule has 2 aromatic heterocycles. The second-order valence-corrected chi connectivity index (χ2v) is 10.4. The molecular weight excluding hydrogens is 410 g/mol. The molecule has 0 radical (unpaired) electrons. The van der Waals surface area contributed by atoms with Crippen LogP contribution in [0.1, 0.15) is 47.3 Å². The Morgan fingerprint density at radius 1 is 1.19 bits per heavy atom. The highest BCUT2D eigenvalue weighted by atomic mass is 32.2. The Morgan fingerprint density at radius 2 is 1.97 bits per heavy atom. The van der Waals surface area contributed by atoms with Crippen molar-refractivity contribution < 1.29 is 9.90 Å². The average Bonchev–Trinajstić information content (AvgIpc) is 3.53. The molecule has 3 aromatic rings. The minimum atomic E-state index is -0.477. The van der Waals surface area contributed by atoms with Crippen LogP contribution in [-0.4, -0.2) is 47.9 Å². The van der Waals surface area contributed by atoms with E-state index in [1.54, 1.807) is 6.07 Å². The number of aromatic nitrogens is 4. The third-order valence-electron chi connectivity index (χ3n) is 6.42. The van der Waals surface area contributed by atoms with Crippen molar-refractivity contribution in [2.45, 2.75) is 42.9 Å². The summed E-state index contributed by atoms with van der Waals surface area (Å²) >= 11 is 1.81. The highest BCUT2D eigenvalue weighted by molar-refractivity contribution is 8.00. The van der Waals surface area contributed by atoms with Crippen molar-refractivity contribution in [1.82, 2.24) is 19.7 Å². The molecule has 160 valence electrons. The summed E-state index contributed by atoms with van der Waals surface area (Å²) in [5.74, 6) is 2.48. The van der Waals surface area contributed by atoms with Gasteiger partial charge in [0.05, 0.1) is 23.3 Å². The zero-order valence-corrected chi connectivity index (χ0v) is 18.2. The number of nitrogens with zero attached hydrogens (tertiary/aromatic N) is 4. The number of carbonyl (C=O) groups excluding carboxylic acids is 1. The van der Waals surface area contributed by atoms with Crippen LogP contribution >= 0.6 is 11.8 Å². The monoisotopic (exact) mass is 435 g/mol. The average molecular weight is 436 g/mol. The molecule has 8 heteroatoms. The number of thioether (sulfide) groups is 1. The first-order valence-electron chi connectivity index (χ1n) is 10.5. The van der Waals surface area contributed by atoms with Crippen molar-refractivity contribution >= 4 is 17.7 Å². The number of nitrogens with two attached hydrogens (primary N) is 1. The van der Waals surface area contributed by atoms with Gasteiger partial charge in [0, 0.05) is 35.2 Å². The maximum atomic E-state index is 11.3. The molecule has 1 aromatic carbocycles. The standard InChI is InChI=1S/C23H25N5O2S/c1-22(14-29)12-19-26-27-21(28(19)10-11-31-22)23(8-9-23)17-5-2-15(3-6-17)18-7-4-16(13-25-18)20(24)30/h2-7,13,29H,8-12,14H2,1H3,(H2,24,30). The number of pyridine rings is 1. The third kappa shape index (κ3) is 3.53. The lowest BCUT2D eigenvalue weighted by Crippen LogP contribution is -2.28. The molecule has 1 unspecified atom stereocenters. The number of fused-ring (bicyclic) bond motifs is 1. The number of hydrogen-bond acceptors (Lipinski definition) is 6. The quantitative estimate of drug-likeness (QED) is 0.638. The minimum Gasteiger partial charge on any atom is -0.395 e. The van der Waals surface area contributed by atoms with Gasteiger partial charge in [-0.2, -0.15) is 11.8 Å². The van der Waals surface area contributed by atoms with Gasteiger partial charge in [0.1, 0.15) is 11.6 Å². The van der Waals surface area contributed by atoms with Crippen LogP contribution in [-0.2, 0) is 18.4 Å². The number of amides is 1. The Hall–Kier alpha value is -2.71. The van der Waals surface area contributed by atoms with Gasteiger partial charge in [0.2, 0.25) is 5.91 Å². The van der Waals surface area contributed by atoms with Crippen LogP contribution in [0, 0.1) is 0 Å². The van der Waals surface area contributed by atoms with E-state index in [-0.39, 0.29) is 16.8 Å². The molecule has 1 fully saturated rings. The summed E-state index contributed by atoms with van der Waals surface area (Å²) in [4.78, 5) is 15.6. The van der Waals surface area contributed by atoms with Crippen molar-refractivity contribution in [2.75, 3.05) is 12.4 Å². The summed E-state index contributed by atoms with van der Waals surface area (Å²) in [6, 6.07) is 12.0. The highest BCUT2D eigenvalue weighted by Crippen LogP contribution is 2.53. The van der Waals surface area contributed by atoms with Gasteiger partial charge in [0.25, 0.3) is 0 Å². The number of aliphatic hydroxyl groups is 1. The predicted octanol–water partition coefficient (Wildman–Crippen LogP) is 2.56. The van der Waals surface area contributed by atoms with Gasteiger partial charge in [-0.05, 0) is 37.5 Å². The first-order valence-corrected chi connectivity index (χ1v) is 11.5. The Bertz CT molecular complexity index is 1120. The van der Waals surface area contributed by atoms with Gasteiger partial charge in [-0.15, -0.1) is 10.2 Å². The fourth-order valence-electron chi connectivity index (χ4n) is 4.36. The summed E-state index contributed by atoms with van der Waals surface area (Å²) in [6.07, 6.45) is 4.35. The van der Waals surface area contributed by atoms with Gasteiger partial charge in [-0.3, -0.25) is 9.78 Å². The number of aliphatic hydroxyl groups excluding tert-OH is 1. The Kier molecular flexibility index (Phi) is 4.86. The van der Waals surface area contributed by atoms with Crippen LogP contribution in [0.3, 0.4) is 0 Å². The molecule has 3 N–H and O–H groups in total. The SMILES string of the molecule is CC1(CO)Cc2nnc(C3(c4ccc(-c5ccc(C(N)=O)cn5)cc4)CC3)n2CCS1. The van der Waals surface area contributed by atoms with Crippen molar-refractivity contribution in [3.63, 3.8) is 0 Å². The van der Waals surface area contributed by atoms with E-state index in [0.717, 1.165) is 54.5 Å². The third-order valence-corrected chi connectivity index (χ3v) is 7.78. The van der Waals surface area contributed by atoms with Crippen LogP contribution in [0.15, 0.2) is 42.6 Å². The van der Waals surface area contributed by atoms with Crippen LogP contribution < -0.4 is 5.73 Å². The zero-order chi connectivity index (χ0) is 21.6. The number of rotatable bonds is 5. The largest absolute Gasteiger partial charge is 0.395 e. The van der Waals surface area contributed by atoms with E-state index in [4.69, 9.17) is 5.73 Å². The number of benzene rings is 1. The van der Waals surface area contributed by atoms with E-state index in [1.165, 1.54) is 11.8 Å². The second-order valence-electron chi connectivity index (χ2n) is 8.68. The molecule has 1 amide bonds. The molecule has 3 heterocycles. The van der Waals surface area contributed by atoms with Crippen LogP contribution in [0.2, 0.25) is 0 Å². The minimum absolute atomic E-state index is 0.0857. The molecule has 5 rings (SSSR count). The number of carbonyl (C=O) groups is 1. The van der Waals surface area contributed by atoms with Crippen molar-refractivity contribution in [2.24, 2.45) is 5.73 Å². The summed E-state index contributed by atoms with van der Waals surface area (Å²) in [6.45, 7) is 3.10. The molecule has 31 heavy (non-hydrogen) atoms. The molecule has 2 aliphatic rings. The molecule has 1 atom stereocenters. The van der Waals surface area contributed by atoms with Gasteiger partial charge >= 0.3 is 0 Å². The van der Waals surface area contributed by atoms with E-state index in [1.807, 2.05) is 17.8 Å². The molecule has 0 saturated heterocycles. The van der Waals surface area contributed by atoms with Gasteiger partial charge in [-0.25, -0.2) is 0 Å². The Morgan fingerprint density at radius 3 is 2.58 bits per heavy atom. The topological polar surface area (TPSA) is 107 Å². The van der Waals surface area contributed by atoms with Crippen molar-refractivity contribution in [3.8, 4) is 11.3 Å². The maximum absolute atomic E-state index is 11.3. The smallest absolute Gasteiger partial charge is 0.250 e. The van der Waals surface area contributed by atoms with Crippen LogP contribution in [0.4, 0.5) is 0 Å². The first-order chi connectivity index (χ1) is 14.9. The van der Waals surface area contributed by atoms with Gasteiger partial charge in [-0.1, -0.05) is 24.3 Å². The summed E-state index contributed by atoms with van der Waals surface area (Å²) < 4.78 is 2.08. The number of primary amides is 1. The fourth-order valence-corrected chi connectivity index (χ4v) is 5.45. The van der Waals surface area contributed by atoms with E-state index >= 15 is 0 Å². The molecule has 0 spiro atoms. The van der Waals surface area contributed by atoms with E-state index in [9.17, 15) is 9.90 Å². The lowest BCUT2D eigenvalue weighted by molar-refractivity contribution is 0.1000.